The fraction of sp³-hybridized carbons (Fsp3) is 0.727. The average molecular weight is 257 g/mol. The van der Waals surface area contributed by atoms with Gasteiger partial charge in [0.1, 0.15) is 0 Å². The topological polar surface area (TPSA) is 114 Å². The summed E-state index contributed by atoms with van der Waals surface area (Å²) in [7, 11) is 1.53. The van der Waals surface area contributed by atoms with Gasteiger partial charge in [0.2, 0.25) is 0 Å². The van der Waals surface area contributed by atoms with E-state index in [0.717, 1.165) is 0 Å². The van der Waals surface area contributed by atoms with Gasteiger partial charge in [-0.25, -0.2) is 4.79 Å². The van der Waals surface area contributed by atoms with Crippen LogP contribution in [0, 0.1) is 11.3 Å². The Labute approximate surface area is 106 Å². The van der Waals surface area contributed by atoms with Gasteiger partial charge >= 0.3 is 12.0 Å². The van der Waals surface area contributed by atoms with Crippen LogP contribution in [0.5, 0.6) is 0 Å². The van der Waals surface area contributed by atoms with Crippen molar-refractivity contribution in [2.75, 3.05) is 13.6 Å². The number of amides is 2. The first-order chi connectivity index (χ1) is 8.19. The van der Waals surface area contributed by atoms with Crippen LogP contribution in [0.15, 0.2) is 0 Å². The third-order valence-electron chi connectivity index (χ3n) is 2.52. The molecule has 102 valence electrons. The largest absolute Gasteiger partial charge is 0.481 e. The molecule has 18 heavy (non-hydrogen) atoms. The lowest BCUT2D eigenvalue weighted by atomic mass is 10.0. The van der Waals surface area contributed by atoms with Crippen molar-refractivity contribution in [2.45, 2.75) is 38.3 Å². The zero-order valence-electron chi connectivity index (χ0n) is 10.8. The quantitative estimate of drug-likeness (QED) is 0.627. The Kier molecular flexibility index (Phi) is 6.13. The maximum atomic E-state index is 11.6. The molecule has 2 atom stereocenters. The highest BCUT2D eigenvalue weighted by Crippen LogP contribution is 2.08. The number of hydrogen-bond acceptors (Lipinski definition) is 4. The zero-order chi connectivity index (χ0) is 14.3. The molecule has 3 N–H and O–H groups in total. The second-order valence-electron chi connectivity index (χ2n) is 4.55. The molecule has 2 unspecified atom stereocenters. The van der Waals surface area contributed by atoms with Crippen molar-refractivity contribution in [2.24, 2.45) is 0 Å². The third-order valence-corrected chi connectivity index (χ3v) is 2.52. The van der Waals surface area contributed by atoms with Gasteiger partial charge in [0.15, 0.2) is 0 Å². The molecule has 0 aliphatic carbocycles. The number of carboxylic acid groups (broad SMARTS) is 1. The molecule has 0 aliphatic heterocycles. The van der Waals surface area contributed by atoms with Crippen LogP contribution in [0.4, 0.5) is 4.79 Å². The monoisotopic (exact) mass is 257 g/mol. The van der Waals surface area contributed by atoms with Crippen molar-refractivity contribution in [1.29, 1.82) is 5.26 Å². The number of carbonyl (C=O) groups excluding carboxylic acids is 1. The van der Waals surface area contributed by atoms with Crippen molar-refractivity contribution >= 4 is 12.0 Å². The second-order valence-corrected chi connectivity index (χ2v) is 4.55. The van der Waals surface area contributed by atoms with Gasteiger partial charge < -0.3 is 20.4 Å². The molecule has 7 nitrogen and oxygen atoms in total. The Morgan fingerprint density at radius 1 is 1.56 bits per heavy atom. The molecule has 0 spiro atoms. The molecular formula is C11H19N3O4. The second kappa shape index (κ2) is 6.81. The summed E-state index contributed by atoms with van der Waals surface area (Å²) in [6.07, 6.45) is -0.250. The molecule has 0 saturated heterocycles. The highest BCUT2D eigenvalue weighted by molar-refractivity contribution is 5.74. The minimum Gasteiger partial charge on any atom is -0.481 e. The highest BCUT2D eigenvalue weighted by Gasteiger charge is 2.26. The molecule has 0 radical (unpaired) electrons. The van der Waals surface area contributed by atoms with E-state index in [0.29, 0.717) is 0 Å². The van der Waals surface area contributed by atoms with E-state index in [1.807, 2.05) is 6.07 Å². The van der Waals surface area contributed by atoms with Gasteiger partial charge in [-0.1, -0.05) is 0 Å². The summed E-state index contributed by atoms with van der Waals surface area (Å²) in [5.41, 5.74) is -1.50. The maximum Gasteiger partial charge on any atom is 0.317 e. The minimum absolute atomic E-state index is 0.165. The van der Waals surface area contributed by atoms with Crippen LogP contribution in [0.25, 0.3) is 0 Å². The van der Waals surface area contributed by atoms with Gasteiger partial charge in [-0.2, -0.15) is 5.26 Å². The number of carboxylic acids is 1. The van der Waals surface area contributed by atoms with E-state index in [-0.39, 0.29) is 19.0 Å². The SMILES string of the molecule is CC(CC#N)N(C)C(=O)NCC(C)(O)CC(=O)O. The van der Waals surface area contributed by atoms with Crippen molar-refractivity contribution in [3.8, 4) is 6.07 Å². The smallest absolute Gasteiger partial charge is 0.317 e. The first-order valence-corrected chi connectivity index (χ1v) is 5.51. The normalized spacial score (nSPS) is 15.1. The van der Waals surface area contributed by atoms with Gasteiger partial charge in [0, 0.05) is 19.6 Å². The van der Waals surface area contributed by atoms with Gasteiger partial charge in [0.25, 0.3) is 0 Å². The Morgan fingerprint density at radius 3 is 2.56 bits per heavy atom. The van der Waals surface area contributed by atoms with E-state index in [4.69, 9.17) is 10.4 Å². The predicted molar refractivity (Wildman–Crippen MR) is 63.7 cm³/mol. The van der Waals surface area contributed by atoms with Gasteiger partial charge in [0.05, 0.1) is 24.5 Å². The Hall–Kier alpha value is -1.81. The van der Waals surface area contributed by atoms with Crippen LogP contribution in [-0.2, 0) is 4.79 Å². The summed E-state index contributed by atoms with van der Waals surface area (Å²) in [4.78, 5) is 23.4. The molecule has 0 rings (SSSR count). The molecule has 0 bridgehead atoms. The molecule has 0 saturated carbocycles. The number of carbonyl (C=O) groups is 2. The maximum absolute atomic E-state index is 11.6. The Balaban J connectivity index is 4.25. The molecule has 0 aromatic carbocycles. The highest BCUT2D eigenvalue weighted by atomic mass is 16.4. The first-order valence-electron chi connectivity index (χ1n) is 5.51. The van der Waals surface area contributed by atoms with Crippen LogP contribution < -0.4 is 5.32 Å². The van der Waals surface area contributed by atoms with Gasteiger partial charge in [-0.3, -0.25) is 4.79 Å². The average Bonchev–Trinajstić information content (AvgIpc) is 2.23. The lowest BCUT2D eigenvalue weighted by Crippen LogP contribution is -2.48. The van der Waals surface area contributed by atoms with E-state index < -0.39 is 24.0 Å². The Morgan fingerprint density at radius 2 is 2.11 bits per heavy atom. The van der Waals surface area contributed by atoms with Crippen molar-refractivity contribution in [3.63, 3.8) is 0 Å². The van der Waals surface area contributed by atoms with Crippen LogP contribution in [0.1, 0.15) is 26.7 Å². The van der Waals surface area contributed by atoms with E-state index in [1.165, 1.54) is 18.9 Å². The number of hydrogen-bond donors (Lipinski definition) is 3. The molecule has 0 heterocycles. The number of rotatable bonds is 6. The van der Waals surface area contributed by atoms with Gasteiger partial charge in [-0.05, 0) is 13.8 Å². The number of nitrogens with one attached hydrogen (secondary N) is 1. The summed E-state index contributed by atoms with van der Waals surface area (Å²) in [6.45, 7) is 2.89. The van der Waals surface area contributed by atoms with Crippen LogP contribution in [0.2, 0.25) is 0 Å². The summed E-state index contributed by atoms with van der Waals surface area (Å²) in [6, 6.07) is 1.25. The van der Waals surface area contributed by atoms with Crippen molar-refractivity contribution < 1.29 is 19.8 Å². The minimum atomic E-state index is -1.50. The van der Waals surface area contributed by atoms with E-state index in [2.05, 4.69) is 5.32 Å². The summed E-state index contributed by atoms with van der Waals surface area (Å²) in [5, 5.41) is 29.2. The number of nitrogens with zero attached hydrogens (tertiary/aromatic N) is 2. The molecular weight excluding hydrogens is 238 g/mol. The third kappa shape index (κ3) is 6.06. The van der Waals surface area contributed by atoms with Crippen LogP contribution in [0.3, 0.4) is 0 Å². The van der Waals surface area contributed by atoms with Crippen LogP contribution >= 0.6 is 0 Å². The standard InChI is InChI=1S/C11H19N3O4/c1-8(4-5-12)14(3)10(17)13-7-11(2,18)6-9(15)16/h8,18H,4,6-7H2,1-3H3,(H,13,17)(H,15,16). The van der Waals surface area contributed by atoms with Crippen LogP contribution in [-0.4, -0.2) is 52.3 Å². The van der Waals surface area contributed by atoms with E-state index in [1.54, 1.807) is 6.92 Å². The Bertz CT molecular complexity index is 349. The molecule has 0 aliphatic rings. The summed E-state index contributed by atoms with van der Waals surface area (Å²) >= 11 is 0. The van der Waals surface area contributed by atoms with Crippen molar-refractivity contribution in [1.82, 2.24) is 10.2 Å². The van der Waals surface area contributed by atoms with E-state index in [9.17, 15) is 14.7 Å². The molecule has 0 fully saturated rings. The molecule has 0 aromatic heterocycles. The first kappa shape index (κ1) is 16.2. The summed E-state index contributed by atoms with van der Waals surface area (Å²) in [5.74, 6) is -1.14. The number of urea groups is 1. The van der Waals surface area contributed by atoms with Crippen molar-refractivity contribution in [3.05, 3.63) is 0 Å². The number of aliphatic hydroxyl groups is 1. The molecule has 7 heteroatoms. The van der Waals surface area contributed by atoms with E-state index >= 15 is 0 Å². The fourth-order valence-electron chi connectivity index (χ4n) is 1.25. The predicted octanol–water partition coefficient (Wildman–Crippen LogP) is 0.156. The molecule has 2 amide bonds. The lowest BCUT2D eigenvalue weighted by molar-refractivity contribution is -0.141. The summed E-state index contributed by atoms with van der Waals surface area (Å²) < 4.78 is 0. The molecule has 0 aromatic rings. The number of nitriles is 1. The van der Waals surface area contributed by atoms with Gasteiger partial charge in [-0.15, -0.1) is 0 Å². The lowest BCUT2D eigenvalue weighted by Gasteiger charge is -2.26. The fourth-order valence-corrected chi connectivity index (χ4v) is 1.25. The zero-order valence-corrected chi connectivity index (χ0v) is 10.8. The number of aliphatic carboxylic acids is 1.